The van der Waals surface area contributed by atoms with Gasteiger partial charge in [-0.1, -0.05) is 17.7 Å². The first-order valence-electron chi connectivity index (χ1n) is 4.19. The molecule has 0 aliphatic carbocycles. The minimum absolute atomic E-state index is 0.437. The highest BCUT2D eigenvalue weighted by Gasteiger charge is 2.10. The Morgan fingerprint density at radius 3 is 2.80 bits per heavy atom. The topological polar surface area (TPSA) is 64.9 Å². The van der Waals surface area contributed by atoms with Crippen LogP contribution in [0.2, 0.25) is 5.02 Å². The van der Waals surface area contributed by atoms with E-state index in [-0.39, 0.29) is 0 Å². The van der Waals surface area contributed by atoms with Crippen molar-refractivity contribution in [1.82, 2.24) is 10.2 Å². The molecule has 0 atom stereocenters. The van der Waals surface area contributed by atoms with Gasteiger partial charge in [0, 0.05) is 12.6 Å². The van der Waals surface area contributed by atoms with Crippen molar-refractivity contribution < 1.29 is 4.42 Å². The van der Waals surface area contributed by atoms with Crippen LogP contribution in [0, 0.1) is 6.92 Å². The summed E-state index contributed by atoms with van der Waals surface area (Å²) in [5, 5.41) is 8.59. The highest BCUT2D eigenvalue weighted by molar-refractivity contribution is 7.99. The van der Waals surface area contributed by atoms with E-state index < -0.39 is 0 Å². The van der Waals surface area contributed by atoms with E-state index in [0.29, 0.717) is 21.8 Å². The van der Waals surface area contributed by atoms with Gasteiger partial charge in [-0.15, -0.1) is 10.2 Å². The number of nitrogens with zero attached hydrogens (tertiary/aromatic N) is 2. The summed E-state index contributed by atoms with van der Waals surface area (Å²) < 4.78 is 5.22. The maximum atomic E-state index is 6.00. The fourth-order valence-corrected chi connectivity index (χ4v) is 2.11. The highest BCUT2D eigenvalue weighted by atomic mass is 35.5. The smallest absolute Gasteiger partial charge is 0.281 e. The molecule has 2 aromatic rings. The molecule has 1 aromatic carbocycles. The number of rotatable bonds is 2. The number of nitrogen functional groups attached to an aromatic ring is 1. The van der Waals surface area contributed by atoms with E-state index in [2.05, 4.69) is 10.2 Å². The van der Waals surface area contributed by atoms with Crippen LogP contribution in [0.15, 0.2) is 32.7 Å². The molecule has 0 spiro atoms. The van der Waals surface area contributed by atoms with Crippen molar-refractivity contribution in [2.24, 2.45) is 0 Å². The lowest BCUT2D eigenvalue weighted by Crippen LogP contribution is -1.88. The van der Waals surface area contributed by atoms with Gasteiger partial charge in [-0.3, -0.25) is 0 Å². The third-order valence-corrected chi connectivity index (χ3v) is 3.12. The second-order valence-corrected chi connectivity index (χ2v) is 4.22. The van der Waals surface area contributed by atoms with Gasteiger partial charge in [-0.2, -0.15) is 0 Å². The van der Waals surface area contributed by atoms with Crippen molar-refractivity contribution in [3.05, 3.63) is 29.1 Å². The number of hydrogen-bond acceptors (Lipinski definition) is 5. The Morgan fingerprint density at radius 2 is 2.20 bits per heavy atom. The molecule has 6 heteroatoms. The molecule has 78 valence electrons. The monoisotopic (exact) mass is 241 g/mol. The zero-order chi connectivity index (χ0) is 10.8. The number of halogens is 1. The zero-order valence-electron chi connectivity index (χ0n) is 7.90. The SMILES string of the molecule is Cc1nnc(Sc2c(N)cccc2Cl)o1. The number of hydrogen-bond donors (Lipinski definition) is 1. The van der Waals surface area contributed by atoms with E-state index in [4.69, 9.17) is 21.8 Å². The summed E-state index contributed by atoms with van der Waals surface area (Å²) in [6.45, 7) is 1.73. The molecule has 2 N–H and O–H groups in total. The van der Waals surface area contributed by atoms with Crippen LogP contribution in [0.25, 0.3) is 0 Å². The highest BCUT2D eigenvalue weighted by Crippen LogP contribution is 2.36. The lowest BCUT2D eigenvalue weighted by atomic mass is 10.3. The fourth-order valence-electron chi connectivity index (χ4n) is 1.04. The standard InChI is InChI=1S/C9H8ClN3OS/c1-5-12-13-9(14-5)15-8-6(10)3-2-4-7(8)11/h2-4H,11H2,1H3. The van der Waals surface area contributed by atoms with Crippen molar-refractivity contribution >= 4 is 29.1 Å². The molecular weight excluding hydrogens is 234 g/mol. The molecule has 0 bridgehead atoms. The lowest BCUT2D eigenvalue weighted by Gasteiger charge is -2.03. The van der Waals surface area contributed by atoms with Crippen LogP contribution in [0.4, 0.5) is 5.69 Å². The minimum atomic E-state index is 0.437. The molecule has 0 fully saturated rings. The summed E-state index contributed by atoms with van der Waals surface area (Å²) in [6.07, 6.45) is 0. The van der Waals surface area contributed by atoms with E-state index in [9.17, 15) is 0 Å². The second kappa shape index (κ2) is 4.12. The molecule has 1 heterocycles. The molecule has 0 saturated heterocycles. The van der Waals surface area contributed by atoms with Crippen LogP contribution in [-0.2, 0) is 0 Å². The van der Waals surface area contributed by atoms with E-state index in [1.807, 2.05) is 0 Å². The van der Waals surface area contributed by atoms with Crippen LogP contribution in [-0.4, -0.2) is 10.2 Å². The maximum Gasteiger partial charge on any atom is 0.281 e. The first-order chi connectivity index (χ1) is 7.16. The van der Waals surface area contributed by atoms with E-state index in [0.717, 1.165) is 4.90 Å². The predicted molar refractivity (Wildman–Crippen MR) is 59.0 cm³/mol. The van der Waals surface area contributed by atoms with Gasteiger partial charge in [0.05, 0.1) is 9.92 Å². The van der Waals surface area contributed by atoms with E-state index >= 15 is 0 Å². The summed E-state index contributed by atoms with van der Waals surface area (Å²) in [5.41, 5.74) is 6.38. The predicted octanol–water partition coefficient (Wildman–Crippen LogP) is 2.76. The fraction of sp³-hybridized carbons (Fsp3) is 0.111. The number of nitrogens with two attached hydrogens (primary N) is 1. The Labute approximate surface area is 95.8 Å². The molecular formula is C9H8ClN3OS. The molecule has 1 aromatic heterocycles. The molecule has 0 radical (unpaired) electrons. The number of benzene rings is 1. The van der Waals surface area contributed by atoms with E-state index in [1.165, 1.54) is 11.8 Å². The Bertz CT molecular complexity index is 466. The van der Waals surface area contributed by atoms with Crippen molar-refractivity contribution in [1.29, 1.82) is 0 Å². The lowest BCUT2D eigenvalue weighted by molar-refractivity contribution is 0.429. The Kier molecular flexibility index (Phi) is 2.83. The third-order valence-electron chi connectivity index (χ3n) is 1.69. The Morgan fingerprint density at radius 1 is 1.40 bits per heavy atom. The second-order valence-electron chi connectivity index (χ2n) is 2.85. The van der Waals surface area contributed by atoms with Crippen LogP contribution < -0.4 is 5.73 Å². The van der Waals surface area contributed by atoms with Crippen LogP contribution in [0.3, 0.4) is 0 Å². The van der Waals surface area contributed by atoms with E-state index in [1.54, 1.807) is 25.1 Å². The first-order valence-corrected chi connectivity index (χ1v) is 5.38. The normalized spacial score (nSPS) is 10.5. The maximum absolute atomic E-state index is 6.00. The summed E-state index contributed by atoms with van der Waals surface area (Å²) in [4.78, 5) is 0.739. The third kappa shape index (κ3) is 2.24. The molecule has 0 aliphatic heterocycles. The summed E-state index contributed by atoms with van der Waals surface area (Å²) in [6, 6.07) is 5.34. The molecule has 15 heavy (non-hydrogen) atoms. The zero-order valence-corrected chi connectivity index (χ0v) is 9.47. The molecule has 2 rings (SSSR count). The number of aromatic nitrogens is 2. The van der Waals surface area contributed by atoms with Crippen molar-refractivity contribution in [2.45, 2.75) is 17.0 Å². The van der Waals surface area contributed by atoms with Crippen molar-refractivity contribution in [2.75, 3.05) is 5.73 Å². The van der Waals surface area contributed by atoms with Gasteiger partial charge in [0.1, 0.15) is 0 Å². The Balaban J connectivity index is 2.31. The van der Waals surface area contributed by atoms with Crippen molar-refractivity contribution in [3.8, 4) is 0 Å². The van der Waals surface area contributed by atoms with Crippen LogP contribution in [0.1, 0.15) is 5.89 Å². The van der Waals surface area contributed by atoms with Gasteiger partial charge < -0.3 is 10.2 Å². The summed E-state index contributed by atoms with van der Waals surface area (Å²) in [7, 11) is 0. The quantitative estimate of drug-likeness (QED) is 0.819. The molecule has 4 nitrogen and oxygen atoms in total. The van der Waals surface area contributed by atoms with Gasteiger partial charge in [0.2, 0.25) is 5.89 Å². The number of aryl methyl sites for hydroxylation is 1. The average molecular weight is 242 g/mol. The summed E-state index contributed by atoms with van der Waals surface area (Å²) in [5.74, 6) is 0.517. The van der Waals surface area contributed by atoms with Crippen molar-refractivity contribution in [3.63, 3.8) is 0 Å². The van der Waals surface area contributed by atoms with Crippen LogP contribution >= 0.6 is 23.4 Å². The summed E-state index contributed by atoms with van der Waals surface area (Å²) >= 11 is 7.26. The van der Waals surface area contributed by atoms with Gasteiger partial charge in [0.15, 0.2) is 0 Å². The average Bonchev–Trinajstić information content (AvgIpc) is 2.58. The molecule has 0 saturated carbocycles. The van der Waals surface area contributed by atoms with Gasteiger partial charge in [-0.25, -0.2) is 0 Å². The largest absolute Gasteiger partial charge is 0.416 e. The number of anilines is 1. The van der Waals surface area contributed by atoms with Gasteiger partial charge in [-0.05, 0) is 23.9 Å². The Hall–Kier alpha value is -1.20. The van der Waals surface area contributed by atoms with Gasteiger partial charge in [0.25, 0.3) is 5.22 Å². The molecule has 0 unspecified atom stereocenters. The minimum Gasteiger partial charge on any atom is -0.416 e. The first kappa shape index (κ1) is 10.3. The molecule has 0 aliphatic rings. The van der Waals surface area contributed by atoms with Crippen LogP contribution in [0.5, 0.6) is 0 Å². The van der Waals surface area contributed by atoms with Gasteiger partial charge >= 0.3 is 0 Å². The molecule has 0 amide bonds.